The van der Waals surface area contributed by atoms with Crippen molar-refractivity contribution in [3.63, 3.8) is 0 Å². The minimum atomic E-state index is -4.53. The van der Waals surface area contributed by atoms with Crippen LogP contribution in [0.2, 0.25) is 0 Å². The van der Waals surface area contributed by atoms with Crippen molar-refractivity contribution in [2.75, 3.05) is 24.5 Å². The molecule has 0 radical (unpaired) electrons. The highest BCUT2D eigenvalue weighted by Gasteiger charge is 2.34. The average Bonchev–Trinajstić information content (AvgIpc) is 2.61. The van der Waals surface area contributed by atoms with E-state index in [4.69, 9.17) is 5.11 Å². The summed E-state index contributed by atoms with van der Waals surface area (Å²) in [5.41, 5.74) is -0.686. The second-order valence-electron chi connectivity index (χ2n) is 4.62. The van der Waals surface area contributed by atoms with Crippen molar-refractivity contribution in [3.8, 4) is 0 Å². The molecule has 1 aromatic rings. The monoisotopic (exact) mass is 288 g/mol. The third-order valence-corrected chi connectivity index (χ3v) is 3.20. The molecule has 1 heterocycles. The molecule has 1 aliphatic rings. The van der Waals surface area contributed by atoms with Gasteiger partial charge in [-0.3, -0.25) is 4.79 Å². The number of hydrogen-bond acceptors (Lipinski definition) is 3. The molecule has 1 aromatic carbocycles. The number of aliphatic hydroxyl groups excluding tert-OH is 1. The van der Waals surface area contributed by atoms with Gasteiger partial charge in [-0.15, -0.1) is 0 Å². The fraction of sp³-hybridized carbons (Fsp3) is 0.462. The summed E-state index contributed by atoms with van der Waals surface area (Å²) in [6.07, 6.45) is -3.85. The molecule has 20 heavy (non-hydrogen) atoms. The predicted molar refractivity (Wildman–Crippen MR) is 67.2 cm³/mol. The first-order chi connectivity index (χ1) is 9.41. The zero-order valence-electron chi connectivity index (χ0n) is 10.7. The number of nitrogens with one attached hydrogen (secondary N) is 1. The van der Waals surface area contributed by atoms with Crippen LogP contribution in [-0.2, 0) is 17.6 Å². The maximum absolute atomic E-state index is 12.9. The molecule has 0 spiro atoms. The number of benzene rings is 1. The Labute approximate surface area is 114 Å². The Kier molecular flexibility index (Phi) is 4.17. The average molecular weight is 288 g/mol. The van der Waals surface area contributed by atoms with Crippen LogP contribution in [0.1, 0.15) is 17.5 Å². The number of nitrogens with zero attached hydrogens (tertiary/aromatic N) is 1. The molecular formula is C13H15F3N2O2. The van der Waals surface area contributed by atoms with E-state index in [0.29, 0.717) is 25.2 Å². The first-order valence-corrected chi connectivity index (χ1v) is 6.24. The number of halogens is 3. The summed E-state index contributed by atoms with van der Waals surface area (Å²) in [6.45, 7) is 0.399. The first-order valence-electron chi connectivity index (χ1n) is 6.24. The highest BCUT2D eigenvalue weighted by atomic mass is 19.4. The third-order valence-electron chi connectivity index (χ3n) is 3.20. The summed E-state index contributed by atoms with van der Waals surface area (Å²) in [5.74, 6) is -0.206. The van der Waals surface area contributed by atoms with Crippen molar-refractivity contribution in [2.45, 2.75) is 19.2 Å². The van der Waals surface area contributed by atoms with Crippen molar-refractivity contribution in [2.24, 2.45) is 0 Å². The van der Waals surface area contributed by atoms with Gasteiger partial charge in [0.15, 0.2) is 0 Å². The molecule has 2 N–H and O–H groups in total. The molecule has 7 heteroatoms. The van der Waals surface area contributed by atoms with Gasteiger partial charge < -0.3 is 15.3 Å². The molecule has 1 fully saturated rings. The summed E-state index contributed by atoms with van der Waals surface area (Å²) in [5, 5.41) is 11.7. The van der Waals surface area contributed by atoms with E-state index >= 15 is 0 Å². The molecule has 1 saturated heterocycles. The Balaban J connectivity index is 2.35. The summed E-state index contributed by atoms with van der Waals surface area (Å²) < 4.78 is 38.8. The Morgan fingerprint density at radius 2 is 2.10 bits per heavy atom. The second kappa shape index (κ2) is 5.70. The molecule has 0 unspecified atom stereocenters. The molecular weight excluding hydrogens is 273 g/mol. The lowest BCUT2D eigenvalue weighted by molar-refractivity contribution is -0.138. The van der Waals surface area contributed by atoms with E-state index in [2.05, 4.69) is 5.32 Å². The van der Waals surface area contributed by atoms with Crippen LogP contribution in [0.4, 0.5) is 18.9 Å². The standard InChI is InChI=1S/C13H15F3N2O2/c14-13(15,16)11-6-10(3-2-9(11)8-19)18-5-1-4-17-12(20)7-18/h2-3,6,19H,1,4-5,7-8H2,(H,17,20). The lowest BCUT2D eigenvalue weighted by Crippen LogP contribution is -2.33. The maximum Gasteiger partial charge on any atom is 0.416 e. The van der Waals surface area contributed by atoms with Crippen molar-refractivity contribution in [3.05, 3.63) is 29.3 Å². The van der Waals surface area contributed by atoms with E-state index in [9.17, 15) is 18.0 Å². The van der Waals surface area contributed by atoms with Crippen molar-refractivity contribution >= 4 is 11.6 Å². The van der Waals surface area contributed by atoms with Gasteiger partial charge in [0.1, 0.15) is 0 Å². The summed E-state index contributed by atoms with van der Waals surface area (Å²) in [7, 11) is 0. The third kappa shape index (κ3) is 3.22. The number of alkyl halides is 3. The van der Waals surface area contributed by atoms with Crippen molar-refractivity contribution in [1.82, 2.24) is 5.32 Å². The lowest BCUT2D eigenvalue weighted by atomic mass is 10.1. The van der Waals surface area contributed by atoms with Gasteiger partial charge in [-0.05, 0) is 24.1 Å². The molecule has 1 aliphatic heterocycles. The van der Waals surface area contributed by atoms with Gasteiger partial charge in [-0.25, -0.2) is 0 Å². The van der Waals surface area contributed by atoms with Crippen LogP contribution in [0.3, 0.4) is 0 Å². The normalized spacial score (nSPS) is 16.8. The van der Waals surface area contributed by atoms with Crippen LogP contribution >= 0.6 is 0 Å². The molecule has 0 atom stereocenters. The van der Waals surface area contributed by atoms with Gasteiger partial charge in [-0.1, -0.05) is 6.07 Å². The van der Waals surface area contributed by atoms with Gasteiger partial charge in [0, 0.05) is 18.8 Å². The number of hydrogen-bond donors (Lipinski definition) is 2. The van der Waals surface area contributed by atoms with E-state index in [1.807, 2.05) is 0 Å². The zero-order valence-corrected chi connectivity index (χ0v) is 10.7. The van der Waals surface area contributed by atoms with Crippen LogP contribution in [0.15, 0.2) is 18.2 Å². The molecule has 0 saturated carbocycles. The van der Waals surface area contributed by atoms with Crippen LogP contribution < -0.4 is 10.2 Å². The highest BCUT2D eigenvalue weighted by Crippen LogP contribution is 2.34. The minimum absolute atomic E-state index is 0.0375. The highest BCUT2D eigenvalue weighted by molar-refractivity contribution is 5.81. The van der Waals surface area contributed by atoms with Crippen LogP contribution in [0.5, 0.6) is 0 Å². The number of carbonyl (C=O) groups is 1. The van der Waals surface area contributed by atoms with E-state index < -0.39 is 18.3 Å². The predicted octanol–water partition coefficient (Wildman–Crippen LogP) is 1.52. The summed E-state index contributed by atoms with van der Waals surface area (Å²) in [4.78, 5) is 13.1. The van der Waals surface area contributed by atoms with E-state index in [1.54, 1.807) is 4.90 Å². The fourth-order valence-corrected chi connectivity index (χ4v) is 2.19. The van der Waals surface area contributed by atoms with Crippen LogP contribution in [0.25, 0.3) is 0 Å². The summed E-state index contributed by atoms with van der Waals surface area (Å²) >= 11 is 0. The molecule has 2 rings (SSSR count). The molecule has 4 nitrogen and oxygen atoms in total. The lowest BCUT2D eigenvalue weighted by Gasteiger charge is -2.23. The van der Waals surface area contributed by atoms with Gasteiger partial charge in [0.2, 0.25) is 5.91 Å². The van der Waals surface area contributed by atoms with E-state index in [-0.39, 0.29) is 18.0 Å². The van der Waals surface area contributed by atoms with E-state index in [1.165, 1.54) is 12.1 Å². The number of amides is 1. The minimum Gasteiger partial charge on any atom is -0.392 e. The number of anilines is 1. The van der Waals surface area contributed by atoms with Gasteiger partial charge >= 0.3 is 6.18 Å². The quantitative estimate of drug-likeness (QED) is 0.867. The van der Waals surface area contributed by atoms with Crippen molar-refractivity contribution in [1.29, 1.82) is 0 Å². The molecule has 0 bridgehead atoms. The van der Waals surface area contributed by atoms with Crippen LogP contribution in [0, 0.1) is 0 Å². The molecule has 1 amide bonds. The number of carbonyl (C=O) groups excluding carboxylic acids is 1. The zero-order chi connectivity index (χ0) is 14.8. The topological polar surface area (TPSA) is 52.6 Å². The Bertz CT molecular complexity index is 503. The molecule has 0 aliphatic carbocycles. The van der Waals surface area contributed by atoms with Crippen molar-refractivity contribution < 1.29 is 23.1 Å². The first kappa shape index (κ1) is 14.6. The van der Waals surface area contributed by atoms with Gasteiger partial charge in [-0.2, -0.15) is 13.2 Å². The Morgan fingerprint density at radius 1 is 1.35 bits per heavy atom. The number of aliphatic hydroxyl groups is 1. The largest absolute Gasteiger partial charge is 0.416 e. The summed E-state index contributed by atoms with van der Waals surface area (Å²) in [6, 6.07) is 3.74. The SMILES string of the molecule is O=C1CN(c2ccc(CO)c(C(F)(F)F)c2)CCCN1. The molecule has 110 valence electrons. The number of rotatable bonds is 2. The fourth-order valence-electron chi connectivity index (χ4n) is 2.19. The van der Waals surface area contributed by atoms with Gasteiger partial charge in [0.25, 0.3) is 0 Å². The smallest absolute Gasteiger partial charge is 0.392 e. The second-order valence-corrected chi connectivity index (χ2v) is 4.62. The molecule has 0 aromatic heterocycles. The van der Waals surface area contributed by atoms with Gasteiger partial charge in [0.05, 0.1) is 18.7 Å². The van der Waals surface area contributed by atoms with E-state index in [0.717, 1.165) is 6.07 Å². The maximum atomic E-state index is 12.9. The Morgan fingerprint density at radius 3 is 2.75 bits per heavy atom. The Hall–Kier alpha value is -1.76. The van der Waals surface area contributed by atoms with Crippen LogP contribution in [-0.4, -0.2) is 30.6 Å².